The fourth-order valence-corrected chi connectivity index (χ4v) is 1.46. The van der Waals surface area contributed by atoms with E-state index < -0.39 is 5.56 Å². The predicted octanol–water partition coefficient (Wildman–Crippen LogP) is 1.30. The van der Waals surface area contributed by atoms with Crippen LogP contribution >= 0.6 is 0 Å². The normalized spacial score (nSPS) is 10.2. The van der Waals surface area contributed by atoms with E-state index in [1.807, 2.05) is 0 Å². The molecule has 1 N–H and O–H groups in total. The summed E-state index contributed by atoms with van der Waals surface area (Å²) >= 11 is 0. The second-order valence-electron chi connectivity index (χ2n) is 3.29. The van der Waals surface area contributed by atoms with Crippen molar-refractivity contribution >= 4 is 0 Å². The van der Waals surface area contributed by atoms with Gasteiger partial charge in [0.15, 0.2) is 5.75 Å². The lowest BCUT2D eigenvalue weighted by atomic mass is 10.1. The zero-order valence-corrected chi connectivity index (χ0v) is 8.92. The van der Waals surface area contributed by atoms with Gasteiger partial charge in [0, 0.05) is 5.56 Å². The Hall–Kier alpha value is -2.37. The summed E-state index contributed by atoms with van der Waals surface area (Å²) in [6, 6.07) is 5.52. The van der Waals surface area contributed by atoms with Gasteiger partial charge in [0.1, 0.15) is 5.82 Å². The van der Waals surface area contributed by atoms with E-state index in [4.69, 9.17) is 9.94 Å². The Morgan fingerprint density at radius 2 is 2.00 bits per heavy atom. The van der Waals surface area contributed by atoms with E-state index in [-0.39, 0.29) is 16.4 Å². The minimum Gasteiger partial charge on any atom is -0.490 e. The number of ether oxygens (including phenoxy) is 1. The first-order chi connectivity index (χ1) is 8.13. The molecule has 0 bridgehead atoms. The second-order valence-corrected chi connectivity index (χ2v) is 3.29. The van der Waals surface area contributed by atoms with Crippen LogP contribution in [0.25, 0.3) is 11.1 Å². The van der Waals surface area contributed by atoms with Gasteiger partial charge in [0.2, 0.25) is 0 Å². The third-order valence-electron chi connectivity index (χ3n) is 2.28. The molecule has 0 atom stereocenters. The standard InChI is InChI=1S/C11H9FN2O3/c1-17-10-9(6-13-14(16)11(10)15)7-2-4-8(12)5-3-7/h2-6,16H,1H3. The molecule has 0 saturated carbocycles. The van der Waals surface area contributed by atoms with E-state index in [0.717, 1.165) is 0 Å². The van der Waals surface area contributed by atoms with Crippen molar-refractivity contribution in [1.29, 1.82) is 0 Å². The maximum Gasteiger partial charge on any atom is 0.345 e. The SMILES string of the molecule is COc1c(-c2ccc(F)cc2)cnn(O)c1=O. The van der Waals surface area contributed by atoms with Crippen LogP contribution in [0.4, 0.5) is 4.39 Å². The molecule has 2 aromatic rings. The zero-order valence-electron chi connectivity index (χ0n) is 8.92. The number of hydrogen-bond acceptors (Lipinski definition) is 4. The first kappa shape index (κ1) is 11.1. The molecule has 6 heteroatoms. The minimum absolute atomic E-state index is 0.0471. The highest BCUT2D eigenvalue weighted by Crippen LogP contribution is 2.25. The van der Waals surface area contributed by atoms with Crippen LogP contribution in [0.15, 0.2) is 35.3 Å². The van der Waals surface area contributed by atoms with Crippen molar-refractivity contribution < 1.29 is 14.3 Å². The summed E-state index contributed by atoms with van der Waals surface area (Å²) in [6.45, 7) is 0. The van der Waals surface area contributed by atoms with Crippen LogP contribution in [-0.2, 0) is 0 Å². The molecule has 17 heavy (non-hydrogen) atoms. The maximum absolute atomic E-state index is 12.8. The molecule has 0 amide bonds. The van der Waals surface area contributed by atoms with Crippen LogP contribution in [0.2, 0.25) is 0 Å². The van der Waals surface area contributed by atoms with Crippen LogP contribution in [0.1, 0.15) is 0 Å². The Balaban J connectivity index is 2.63. The molecule has 0 fully saturated rings. The van der Waals surface area contributed by atoms with Gasteiger partial charge in [-0.3, -0.25) is 4.79 Å². The molecular weight excluding hydrogens is 227 g/mol. The molecule has 5 nitrogen and oxygen atoms in total. The first-order valence-corrected chi connectivity index (χ1v) is 4.75. The first-order valence-electron chi connectivity index (χ1n) is 4.75. The van der Waals surface area contributed by atoms with Crippen LogP contribution in [0.5, 0.6) is 5.75 Å². The molecule has 2 rings (SSSR count). The molecule has 0 aliphatic carbocycles. The molecule has 0 radical (unpaired) electrons. The summed E-state index contributed by atoms with van der Waals surface area (Å²) in [4.78, 5) is 11.7. The molecule has 0 aliphatic rings. The fraction of sp³-hybridized carbons (Fsp3) is 0.0909. The summed E-state index contributed by atoms with van der Waals surface area (Å²) in [6.07, 6.45) is 1.27. The molecule has 88 valence electrons. The van der Waals surface area contributed by atoms with Crippen molar-refractivity contribution in [2.24, 2.45) is 0 Å². The van der Waals surface area contributed by atoms with Crippen LogP contribution in [0, 0.1) is 5.82 Å². The summed E-state index contributed by atoms with van der Waals surface area (Å²) in [7, 11) is 1.31. The molecule has 0 spiro atoms. The lowest BCUT2D eigenvalue weighted by Crippen LogP contribution is -2.22. The van der Waals surface area contributed by atoms with Crippen molar-refractivity contribution in [3.8, 4) is 16.9 Å². The smallest absolute Gasteiger partial charge is 0.345 e. The van der Waals surface area contributed by atoms with Crippen molar-refractivity contribution in [2.75, 3.05) is 7.11 Å². The van der Waals surface area contributed by atoms with Gasteiger partial charge in [-0.2, -0.15) is 0 Å². The van der Waals surface area contributed by atoms with Gasteiger partial charge >= 0.3 is 5.56 Å². The van der Waals surface area contributed by atoms with E-state index in [0.29, 0.717) is 11.1 Å². The molecule has 0 aliphatic heterocycles. The maximum atomic E-state index is 12.8. The van der Waals surface area contributed by atoms with Crippen LogP contribution in [-0.4, -0.2) is 22.3 Å². The molecule has 0 saturated heterocycles. The topological polar surface area (TPSA) is 64.3 Å². The van der Waals surface area contributed by atoms with Gasteiger partial charge in [-0.1, -0.05) is 17.0 Å². The zero-order chi connectivity index (χ0) is 12.4. The largest absolute Gasteiger partial charge is 0.490 e. The molecule has 1 aromatic heterocycles. The van der Waals surface area contributed by atoms with Gasteiger partial charge in [-0.25, -0.2) is 4.39 Å². The fourth-order valence-electron chi connectivity index (χ4n) is 1.46. The number of nitrogens with zero attached hydrogens (tertiary/aromatic N) is 2. The van der Waals surface area contributed by atoms with Gasteiger partial charge in [0.25, 0.3) is 0 Å². The third kappa shape index (κ3) is 1.96. The lowest BCUT2D eigenvalue weighted by Gasteiger charge is -2.07. The van der Waals surface area contributed by atoms with E-state index in [9.17, 15) is 9.18 Å². The number of aromatic nitrogens is 2. The average Bonchev–Trinajstić information content (AvgIpc) is 2.34. The molecular formula is C11H9FN2O3. The van der Waals surface area contributed by atoms with E-state index in [2.05, 4.69) is 5.10 Å². The van der Waals surface area contributed by atoms with E-state index in [1.54, 1.807) is 0 Å². The Labute approximate surface area is 95.7 Å². The average molecular weight is 236 g/mol. The van der Waals surface area contributed by atoms with Gasteiger partial charge in [-0.05, 0) is 17.7 Å². The molecule has 0 unspecified atom stereocenters. The summed E-state index contributed by atoms with van der Waals surface area (Å²) < 4.78 is 17.7. The quantitative estimate of drug-likeness (QED) is 0.798. The summed E-state index contributed by atoms with van der Waals surface area (Å²) in [5, 5.41) is 12.6. The summed E-state index contributed by atoms with van der Waals surface area (Å²) in [5.74, 6) is -0.426. The second kappa shape index (κ2) is 4.25. The Bertz CT molecular complexity index is 593. The summed E-state index contributed by atoms with van der Waals surface area (Å²) in [5.41, 5.74) is 0.200. The van der Waals surface area contributed by atoms with Gasteiger partial charge < -0.3 is 9.94 Å². The van der Waals surface area contributed by atoms with Crippen molar-refractivity contribution in [1.82, 2.24) is 9.94 Å². The highest BCUT2D eigenvalue weighted by atomic mass is 19.1. The highest BCUT2D eigenvalue weighted by Gasteiger charge is 2.13. The van der Waals surface area contributed by atoms with Gasteiger partial charge in [-0.15, -0.1) is 5.10 Å². The van der Waals surface area contributed by atoms with Gasteiger partial charge in [0.05, 0.1) is 13.3 Å². The molecule has 1 heterocycles. The van der Waals surface area contributed by atoms with Crippen LogP contribution in [0.3, 0.4) is 0 Å². The number of rotatable bonds is 2. The number of benzene rings is 1. The monoisotopic (exact) mass is 236 g/mol. The van der Waals surface area contributed by atoms with Crippen molar-refractivity contribution in [3.05, 3.63) is 46.6 Å². The minimum atomic E-state index is -0.769. The van der Waals surface area contributed by atoms with Crippen LogP contribution < -0.4 is 10.3 Å². The third-order valence-corrected chi connectivity index (χ3v) is 2.28. The molecule has 1 aromatic carbocycles. The Morgan fingerprint density at radius 1 is 1.35 bits per heavy atom. The predicted molar refractivity (Wildman–Crippen MR) is 57.6 cm³/mol. The van der Waals surface area contributed by atoms with E-state index >= 15 is 0 Å². The Morgan fingerprint density at radius 3 is 2.59 bits per heavy atom. The van der Waals surface area contributed by atoms with E-state index in [1.165, 1.54) is 37.6 Å². The lowest BCUT2D eigenvalue weighted by molar-refractivity contribution is 0.130. The van der Waals surface area contributed by atoms with Crippen molar-refractivity contribution in [3.63, 3.8) is 0 Å². The number of methoxy groups -OCH3 is 1. The Kier molecular flexibility index (Phi) is 2.78. The number of hydrogen-bond donors (Lipinski definition) is 1. The number of halogens is 1. The highest BCUT2D eigenvalue weighted by molar-refractivity contribution is 5.68. The van der Waals surface area contributed by atoms with Crippen molar-refractivity contribution in [2.45, 2.75) is 0 Å².